The summed E-state index contributed by atoms with van der Waals surface area (Å²) in [5.74, 6) is -0.338. The number of nitrogens with zero attached hydrogens (tertiary/aromatic N) is 1. The summed E-state index contributed by atoms with van der Waals surface area (Å²) in [5.41, 5.74) is 8.04. The van der Waals surface area contributed by atoms with Crippen LogP contribution in [0.4, 0.5) is 5.69 Å². The van der Waals surface area contributed by atoms with E-state index in [1.807, 2.05) is 0 Å². The molecule has 0 aromatic heterocycles. The van der Waals surface area contributed by atoms with Gasteiger partial charge in [0.1, 0.15) is 5.75 Å². The fourth-order valence-electron chi connectivity index (χ4n) is 1.80. The maximum atomic E-state index is 11.0. The molecule has 0 aliphatic carbocycles. The van der Waals surface area contributed by atoms with Crippen molar-refractivity contribution in [3.05, 3.63) is 29.8 Å². The fourth-order valence-corrected chi connectivity index (χ4v) is 2.33. The predicted molar refractivity (Wildman–Crippen MR) is 65.0 cm³/mol. The molecule has 0 unspecified atom stereocenters. The van der Waals surface area contributed by atoms with Crippen LogP contribution in [0.25, 0.3) is 10.8 Å². The van der Waals surface area contributed by atoms with Gasteiger partial charge < -0.3 is 5.11 Å². The van der Waals surface area contributed by atoms with E-state index in [9.17, 15) is 13.5 Å². The number of hydrogen-bond donors (Lipinski definition) is 3. The third-order valence-electron chi connectivity index (χ3n) is 2.65. The van der Waals surface area contributed by atoms with Crippen LogP contribution in [0, 0.1) is 12.5 Å². The molecule has 2 aromatic carbocycles. The van der Waals surface area contributed by atoms with Crippen molar-refractivity contribution in [2.24, 2.45) is 5.11 Å². The second kappa shape index (κ2) is 4.04. The first-order chi connectivity index (χ1) is 8.34. The van der Waals surface area contributed by atoms with Gasteiger partial charge in [0, 0.05) is 6.07 Å². The highest BCUT2D eigenvalue weighted by Gasteiger charge is 2.16. The van der Waals surface area contributed by atoms with E-state index in [0.717, 1.165) is 6.07 Å². The van der Waals surface area contributed by atoms with Crippen molar-refractivity contribution < 1.29 is 18.1 Å². The van der Waals surface area contributed by atoms with Crippen molar-refractivity contribution in [3.8, 4) is 5.75 Å². The minimum absolute atomic E-state index is 0.270. The van der Waals surface area contributed by atoms with Crippen LogP contribution in [0.15, 0.2) is 34.3 Å². The number of hydrogen-bond acceptors (Lipinski definition) is 5. The number of fused-ring (bicyclic) bond motifs is 1. The van der Waals surface area contributed by atoms with Crippen molar-refractivity contribution in [1.82, 2.24) is 0 Å². The zero-order chi connectivity index (χ0) is 13.5. The summed E-state index contributed by atoms with van der Waals surface area (Å²) in [6.45, 7) is 1.73. The summed E-state index contributed by atoms with van der Waals surface area (Å²) in [6.07, 6.45) is 0. The molecule has 0 spiro atoms. The van der Waals surface area contributed by atoms with Gasteiger partial charge in [0.2, 0.25) is 0 Å². The topological polar surface area (TPSA) is 111 Å². The highest BCUT2D eigenvalue weighted by Crippen LogP contribution is 2.37. The zero-order valence-electron chi connectivity index (χ0n) is 9.38. The standard InChI is InChI=1S/C11H10N2O4S/c1-6-2-3-7-4-8(18(15,16)17)5-9(14)10(7)11(6)13-12/h2-5,12,14H,1H3,(H,15,16,17). The monoisotopic (exact) mass is 266 g/mol. The quantitative estimate of drug-likeness (QED) is 0.573. The van der Waals surface area contributed by atoms with Crippen molar-refractivity contribution in [2.75, 3.05) is 0 Å². The van der Waals surface area contributed by atoms with Crippen LogP contribution in [0.5, 0.6) is 5.75 Å². The molecule has 18 heavy (non-hydrogen) atoms. The lowest BCUT2D eigenvalue weighted by Gasteiger charge is -2.08. The van der Waals surface area contributed by atoms with E-state index in [0.29, 0.717) is 10.9 Å². The largest absolute Gasteiger partial charge is 0.507 e. The minimum Gasteiger partial charge on any atom is -0.507 e. The summed E-state index contributed by atoms with van der Waals surface area (Å²) in [5, 5.41) is 13.8. The molecule has 3 N–H and O–H groups in total. The Labute approximate surface area is 103 Å². The molecule has 0 saturated carbocycles. The first-order valence-corrected chi connectivity index (χ1v) is 6.40. The Morgan fingerprint density at radius 1 is 1.28 bits per heavy atom. The van der Waals surface area contributed by atoms with Crippen LogP contribution in [0.1, 0.15) is 5.56 Å². The Kier molecular flexibility index (Phi) is 2.80. The van der Waals surface area contributed by atoms with Gasteiger partial charge in [0.15, 0.2) is 0 Å². The average molecular weight is 266 g/mol. The SMILES string of the molecule is Cc1ccc2cc(S(=O)(=O)O)cc(O)c2c1N=N. The average Bonchev–Trinajstić information content (AvgIpc) is 2.28. The Balaban J connectivity index is 2.94. The lowest BCUT2D eigenvalue weighted by molar-refractivity contribution is 0.471. The Morgan fingerprint density at radius 3 is 2.50 bits per heavy atom. The first kappa shape index (κ1) is 12.5. The van der Waals surface area contributed by atoms with E-state index >= 15 is 0 Å². The molecule has 2 aromatic rings. The van der Waals surface area contributed by atoms with Gasteiger partial charge >= 0.3 is 0 Å². The van der Waals surface area contributed by atoms with E-state index in [1.165, 1.54) is 6.07 Å². The van der Waals surface area contributed by atoms with Gasteiger partial charge in [-0.3, -0.25) is 4.55 Å². The van der Waals surface area contributed by atoms with Gasteiger partial charge in [-0.05, 0) is 23.9 Å². The molecule has 0 bridgehead atoms. The molecule has 6 nitrogen and oxygen atoms in total. The Hall–Kier alpha value is -1.99. The number of phenolic OH excluding ortho intramolecular Hbond substituents is 1. The second-order valence-corrected chi connectivity index (χ2v) is 5.28. The van der Waals surface area contributed by atoms with Gasteiger partial charge in [0.05, 0.1) is 16.0 Å². The summed E-state index contributed by atoms with van der Waals surface area (Å²) < 4.78 is 31.0. The second-order valence-electron chi connectivity index (χ2n) is 3.86. The van der Waals surface area contributed by atoms with Crippen LogP contribution >= 0.6 is 0 Å². The number of aryl methyl sites for hydroxylation is 1. The number of nitrogens with one attached hydrogen (secondary N) is 1. The van der Waals surface area contributed by atoms with E-state index in [2.05, 4.69) is 5.11 Å². The molecule has 0 heterocycles. The van der Waals surface area contributed by atoms with E-state index in [1.54, 1.807) is 19.1 Å². The van der Waals surface area contributed by atoms with Gasteiger partial charge in [-0.15, -0.1) is 0 Å². The third kappa shape index (κ3) is 1.93. The van der Waals surface area contributed by atoms with Gasteiger partial charge in [-0.25, -0.2) is 5.53 Å². The van der Waals surface area contributed by atoms with Crippen LogP contribution in [-0.4, -0.2) is 18.1 Å². The molecule has 7 heteroatoms. The third-order valence-corrected chi connectivity index (χ3v) is 3.49. The van der Waals surface area contributed by atoms with Crippen LogP contribution in [-0.2, 0) is 10.1 Å². The molecule has 0 saturated heterocycles. The fraction of sp³-hybridized carbons (Fsp3) is 0.0909. The summed E-state index contributed by atoms with van der Waals surface area (Å²) in [4.78, 5) is -0.396. The van der Waals surface area contributed by atoms with Crippen LogP contribution in [0.2, 0.25) is 0 Å². The van der Waals surface area contributed by atoms with Crippen LogP contribution < -0.4 is 0 Å². The van der Waals surface area contributed by atoms with Crippen molar-refractivity contribution in [2.45, 2.75) is 11.8 Å². The van der Waals surface area contributed by atoms with Gasteiger partial charge in [-0.1, -0.05) is 12.1 Å². The number of aromatic hydroxyl groups is 1. The molecule has 0 amide bonds. The minimum atomic E-state index is -4.38. The highest BCUT2D eigenvalue weighted by molar-refractivity contribution is 7.85. The van der Waals surface area contributed by atoms with Gasteiger partial charge in [0.25, 0.3) is 10.1 Å². The molecule has 94 valence electrons. The van der Waals surface area contributed by atoms with E-state index in [-0.39, 0.29) is 16.8 Å². The highest BCUT2D eigenvalue weighted by atomic mass is 32.2. The predicted octanol–water partition coefficient (Wildman–Crippen LogP) is 2.76. The number of phenols is 1. The van der Waals surface area contributed by atoms with Crippen molar-refractivity contribution >= 4 is 26.6 Å². The Bertz CT molecular complexity index is 753. The lowest BCUT2D eigenvalue weighted by atomic mass is 10.0. The molecule has 0 atom stereocenters. The molecule has 0 aliphatic rings. The smallest absolute Gasteiger partial charge is 0.294 e. The molecule has 0 fully saturated rings. The first-order valence-electron chi connectivity index (χ1n) is 4.96. The normalized spacial score (nSPS) is 11.7. The maximum absolute atomic E-state index is 11.0. The molecular weight excluding hydrogens is 256 g/mol. The van der Waals surface area contributed by atoms with E-state index in [4.69, 9.17) is 10.1 Å². The summed E-state index contributed by atoms with van der Waals surface area (Å²) in [7, 11) is -4.38. The molecule has 0 radical (unpaired) electrons. The van der Waals surface area contributed by atoms with Crippen LogP contribution in [0.3, 0.4) is 0 Å². The van der Waals surface area contributed by atoms with E-state index < -0.39 is 15.0 Å². The summed E-state index contributed by atoms with van der Waals surface area (Å²) in [6, 6.07) is 5.40. The zero-order valence-corrected chi connectivity index (χ0v) is 10.2. The number of benzene rings is 2. The molecule has 0 aliphatic heterocycles. The Morgan fingerprint density at radius 2 is 1.94 bits per heavy atom. The maximum Gasteiger partial charge on any atom is 0.294 e. The number of rotatable bonds is 2. The molecular formula is C11H10N2O4S. The lowest BCUT2D eigenvalue weighted by Crippen LogP contribution is -1.97. The summed E-state index contributed by atoms with van der Waals surface area (Å²) >= 11 is 0. The molecule has 2 rings (SSSR count). The van der Waals surface area contributed by atoms with Crippen molar-refractivity contribution in [3.63, 3.8) is 0 Å². The van der Waals surface area contributed by atoms with Gasteiger partial charge in [-0.2, -0.15) is 13.5 Å². The van der Waals surface area contributed by atoms with Crippen molar-refractivity contribution in [1.29, 1.82) is 5.53 Å².